The Kier molecular flexibility index (Phi) is 3.42. The summed E-state index contributed by atoms with van der Waals surface area (Å²) in [6.07, 6.45) is 3.00. The van der Waals surface area contributed by atoms with Gasteiger partial charge in [0, 0.05) is 39.3 Å². The van der Waals surface area contributed by atoms with Crippen LogP contribution < -0.4 is 0 Å². The Bertz CT molecular complexity index is 186. The highest BCUT2D eigenvalue weighted by atomic mass is 16.5. The second-order valence-electron chi connectivity index (χ2n) is 4.54. The second kappa shape index (κ2) is 4.60. The third-order valence-electron chi connectivity index (χ3n) is 3.54. The number of hydrogen-bond donors (Lipinski definition) is 0. The zero-order valence-corrected chi connectivity index (χ0v) is 9.41. The van der Waals surface area contributed by atoms with E-state index in [1.807, 2.05) is 7.11 Å². The summed E-state index contributed by atoms with van der Waals surface area (Å²) in [5.74, 6) is 0. The van der Waals surface area contributed by atoms with E-state index >= 15 is 0 Å². The van der Waals surface area contributed by atoms with Gasteiger partial charge in [0.15, 0.2) is 0 Å². The van der Waals surface area contributed by atoms with Gasteiger partial charge in [-0.25, -0.2) is 0 Å². The van der Waals surface area contributed by atoms with E-state index in [-0.39, 0.29) is 0 Å². The van der Waals surface area contributed by atoms with Crippen LogP contribution in [0.15, 0.2) is 0 Å². The van der Waals surface area contributed by atoms with Crippen molar-refractivity contribution in [1.29, 1.82) is 0 Å². The van der Waals surface area contributed by atoms with Crippen molar-refractivity contribution in [3.63, 3.8) is 0 Å². The lowest BCUT2D eigenvalue weighted by Crippen LogP contribution is -2.50. The summed E-state index contributed by atoms with van der Waals surface area (Å²) in [6.45, 7) is 8.43. The number of fused-ring (bicyclic) bond motifs is 1. The van der Waals surface area contributed by atoms with E-state index in [9.17, 15) is 0 Å². The van der Waals surface area contributed by atoms with E-state index in [4.69, 9.17) is 4.74 Å². The highest BCUT2D eigenvalue weighted by Gasteiger charge is 2.35. The Morgan fingerprint density at radius 3 is 2.86 bits per heavy atom. The standard InChI is InChI=1S/C11H22N2O/c1-3-4-12-5-6-13-9-11(14-2)7-10(13)8-12/h10-11H,3-9H2,1-2H3. The minimum absolute atomic E-state index is 0.488. The fraction of sp³-hybridized carbons (Fsp3) is 1.00. The fourth-order valence-electron chi connectivity index (χ4n) is 2.75. The van der Waals surface area contributed by atoms with Gasteiger partial charge in [-0.05, 0) is 19.4 Å². The van der Waals surface area contributed by atoms with Gasteiger partial charge in [0.25, 0.3) is 0 Å². The summed E-state index contributed by atoms with van der Waals surface area (Å²) in [5, 5.41) is 0. The van der Waals surface area contributed by atoms with E-state index in [2.05, 4.69) is 16.7 Å². The van der Waals surface area contributed by atoms with Crippen LogP contribution in [0.4, 0.5) is 0 Å². The Morgan fingerprint density at radius 2 is 2.14 bits per heavy atom. The highest BCUT2D eigenvalue weighted by Crippen LogP contribution is 2.23. The number of rotatable bonds is 3. The van der Waals surface area contributed by atoms with Crippen LogP contribution in [0.3, 0.4) is 0 Å². The van der Waals surface area contributed by atoms with Gasteiger partial charge < -0.3 is 9.64 Å². The third kappa shape index (κ3) is 2.10. The average molecular weight is 198 g/mol. The first-order chi connectivity index (χ1) is 6.83. The molecule has 2 fully saturated rings. The van der Waals surface area contributed by atoms with Gasteiger partial charge >= 0.3 is 0 Å². The maximum Gasteiger partial charge on any atom is 0.0713 e. The van der Waals surface area contributed by atoms with Crippen LogP contribution in [0.1, 0.15) is 19.8 Å². The first kappa shape index (κ1) is 10.4. The quantitative estimate of drug-likeness (QED) is 0.667. The molecule has 0 saturated carbocycles. The minimum atomic E-state index is 0.488. The van der Waals surface area contributed by atoms with Crippen LogP contribution in [-0.2, 0) is 4.74 Å². The zero-order chi connectivity index (χ0) is 9.97. The van der Waals surface area contributed by atoms with Gasteiger partial charge in [-0.2, -0.15) is 0 Å². The van der Waals surface area contributed by atoms with Crippen LogP contribution in [0, 0.1) is 0 Å². The van der Waals surface area contributed by atoms with Crippen molar-refractivity contribution in [2.45, 2.75) is 31.9 Å². The molecule has 2 saturated heterocycles. The van der Waals surface area contributed by atoms with Gasteiger partial charge in [0.1, 0.15) is 0 Å². The van der Waals surface area contributed by atoms with E-state index < -0.39 is 0 Å². The molecule has 2 atom stereocenters. The highest BCUT2D eigenvalue weighted by molar-refractivity contribution is 4.91. The van der Waals surface area contributed by atoms with Crippen LogP contribution in [0.25, 0.3) is 0 Å². The maximum absolute atomic E-state index is 5.44. The topological polar surface area (TPSA) is 15.7 Å². The fourth-order valence-corrected chi connectivity index (χ4v) is 2.75. The SMILES string of the molecule is CCCN1CCN2CC(OC)CC2C1. The van der Waals surface area contributed by atoms with Crippen molar-refractivity contribution in [3.05, 3.63) is 0 Å². The molecule has 0 bridgehead atoms. The summed E-state index contributed by atoms with van der Waals surface area (Å²) in [5.41, 5.74) is 0. The molecule has 0 aliphatic carbocycles. The largest absolute Gasteiger partial charge is 0.380 e. The monoisotopic (exact) mass is 198 g/mol. The molecule has 0 aromatic rings. The molecule has 0 spiro atoms. The average Bonchev–Trinajstić information content (AvgIpc) is 2.60. The van der Waals surface area contributed by atoms with E-state index in [1.54, 1.807) is 0 Å². The van der Waals surface area contributed by atoms with Crippen molar-refractivity contribution in [2.24, 2.45) is 0 Å². The molecule has 0 N–H and O–H groups in total. The Balaban J connectivity index is 1.85. The number of hydrogen-bond acceptors (Lipinski definition) is 3. The molecular formula is C11H22N2O. The third-order valence-corrected chi connectivity index (χ3v) is 3.54. The molecule has 2 rings (SSSR count). The summed E-state index contributed by atoms with van der Waals surface area (Å²) in [7, 11) is 1.84. The molecule has 0 aromatic heterocycles. The second-order valence-corrected chi connectivity index (χ2v) is 4.54. The summed E-state index contributed by atoms with van der Waals surface area (Å²) < 4.78 is 5.44. The van der Waals surface area contributed by atoms with Crippen LogP contribution in [-0.4, -0.2) is 61.8 Å². The van der Waals surface area contributed by atoms with E-state index in [0.29, 0.717) is 6.10 Å². The number of piperazine rings is 1. The van der Waals surface area contributed by atoms with E-state index in [0.717, 1.165) is 12.6 Å². The number of nitrogens with zero attached hydrogens (tertiary/aromatic N) is 2. The molecular weight excluding hydrogens is 176 g/mol. The Hall–Kier alpha value is -0.120. The van der Waals surface area contributed by atoms with Gasteiger partial charge in [0.05, 0.1) is 6.10 Å². The van der Waals surface area contributed by atoms with Gasteiger partial charge in [0.2, 0.25) is 0 Å². The molecule has 2 heterocycles. The molecule has 0 aromatic carbocycles. The molecule has 82 valence electrons. The van der Waals surface area contributed by atoms with Crippen LogP contribution in [0.2, 0.25) is 0 Å². The zero-order valence-electron chi connectivity index (χ0n) is 9.41. The molecule has 0 radical (unpaired) electrons. The molecule has 3 nitrogen and oxygen atoms in total. The molecule has 2 aliphatic heterocycles. The van der Waals surface area contributed by atoms with Gasteiger partial charge in [-0.1, -0.05) is 6.92 Å². The van der Waals surface area contributed by atoms with Crippen molar-refractivity contribution in [3.8, 4) is 0 Å². The predicted molar refractivity (Wildman–Crippen MR) is 57.5 cm³/mol. The summed E-state index contributed by atoms with van der Waals surface area (Å²) in [6, 6.07) is 0.764. The number of methoxy groups -OCH3 is 1. The van der Waals surface area contributed by atoms with Gasteiger partial charge in [-0.15, -0.1) is 0 Å². The van der Waals surface area contributed by atoms with Gasteiger partial charge in [-0.3, -0.25) is 4.90 Å². The van der Waals surface area contributed by atoms with Crippen LogP contribution >= 0.6 is 0 Å². The lowest BCUT2D eigenvalue weighted by molar-refractivity contribution is 0.0939. The molecule has 14 heavy (non-hydrogen) atoms. The molecule has 0 amide bonds. The van der Waals surface area contributed by atoms with Crippen molar-refractivity contribution >= 4 is 0 Å². The molecule has 2 unspecified atom stereocenters. The lowest BCUT2D eigenvalue weighted by Gasteiger charge is -2.37. The van der Waals surface area contributed by atoms with Crippen molar-refractivity contribution in [2.75, 3.05) is 39.8 Å². The molecule has 3 heteroatoms. The first-order valence-corrected chi connectivity index (χ1v) is 5.82. The lowest BCUT2D eigenvalue weighted by atomic mass is 10.1. The van der Waals surface area contributed by atoms with Crippen molar-refractivity contribution < 1.29 is 4.74 Å². The van der Waals surface area contributed by atoms with E-state index in [1.165, 1.54) is 39.0 Å². The number of ether oxygens (including phenoxy) is 1. The smallest absolute Gasteiger partial charge is 0.0713 e. The Labute approximate surface area is 87.0 Å². The summed E-state index contributed by atoms with van der Waals surface area (Å²) in [4.78, 5) is 5.19. The summed E-state index contributed by atoms with van der Waals surface area (Å²) >= 11 is 0. The van der Waals surface area contributed by atoms with Crippen LogP contribution in [0.5, 0.6) is 0 Å². The Morgan fingerprint density at radius 1 is 1.29 bits per heavy atom. The molecule has 2 aliphatic rings. The first-order valence-electron chi connectivity index (χ1n) is 5.82. The predicted octanol–water partition coefficient (Wildman–Crippen LogP) is 0.801. The normalized spacial score (nSPS) is 34.7. The maximum atomic E-state index is 5.44. The minimum Gasteiger partial charge on any atom is -0.380 e. The van der Waals surface area contributed by atoms with Crippen molar-refractivity contribution in [1.82, 2.24) is 9.80 Å².